The van der Waals surface area contributed by atoms with Crippen molar-refractivity contribution in [2.75, 3.05) is 19.6 Å². The van der Waals surface area contributed by atoms with Crippen molar-refractivity contribution >= 4 is 0 Å². The lowest BCUT2D eigenvalue weighted by Crippen LogP contribution is -2.54. The molecule has 0 bridgehead atoms. The van der Waals surface area contributed by atoms with Gasteiger partial charge in [-0.2, -0.15) is 13.2 Å². The van der Waals surface area contributed by atoms with Crippen LogP contribution in [0.3, 0.4) is 0 Å². The first-order valence-corrected chi connectivity index (χ1v) is 7.36. The number of halogens is 3. The minimum atomic E-state index is -4.02. The van der Waals surface area contributed by atoms with Gasteiger partial charge < -0.3 is 10.6 Å². The quantitative estimate of drug-likeness (QED) is 0.840. The molecule has 1 heterocycles. The van der Waals surface area contributed by atoms with Crippen LogP contribution in [0.1, 0.15) is 45.4 Å². The van der Waals surface area contributed by atoms with E-state index in [0.29, 0.717) is 19.0 Å². The van der Waals surface area contributed by atoms with Crippen molar-refractivity contribution in [3.8, 4) is 0 Å². The fraction of sp³-hybridized carbons (Fsp3) is 1.00. The van der Waals surface area contributed by atoms with Crippen LogP contribution in [0.5, 0.6) is 0 Å². The number of likely N-dealkylation sites (tertiary alicyclic amines) is 1. The second-order valence-corrected chi connectivity index (χ2v) is 6.66. The topological polar surface area (TPSA) is 29.3 Å². The van der Waals surface area contributed by atoms with Crippen molar-refractivity contribution < 1.29 is 13.2 Å². The zero-order valence-electron chi connectivity index (χ0n) is 11.7. The largest absolute Gasteiger partial charge is 0.391 e. The summed E-state index contributed by atoms with van der Waals surface area (Å²) >= 11 is 0. The molecule has 1 saturated heterocycles. The molecule has 0 amide bonds. The number of hydrogen-bond acceptors (Lipinski definition) is 2. The van der Waals surface area contributed by atoms with Crippen molar-refractivity contribution in [1.29, 1.82) is 0 Å². The smallest absolute Gasteiger partial charge is 0.324 e. The normalized spacial score (nSPS) is 35.5. The predicted octanol–water partition coefficient (Wildman–Crippen LogP) is 3.17. The standard InChI is InChI=1S/C14H25F3N2/c1-11-3-2-6-13(18,9-11)10-19-7-4-12(5-8-19)14(15,16)17/h11-12H,2-10,18H2,1H3. The summed E-state index contributed by atoms with van der Waals surface area (Å²) in [4.78, 5) is 2.14. The maximum Gasteiger partial charge on any atom is 0.391 e. The van der Waals surface area contributed by atoms with Crippen molar-refractivity contribution in [2.45, 2.75) is 57.2 Å². The first-order valence-electron chi connectivity index (χ1n) is 7.36. The first kappa shape index (κ1) is 15.1. The Morgan fingerprint density at radius 2 is 1.84 bits per heavy atom. The Labute approximate surface area is 113 Å². The van der Waals surface area contributed by atoms with E-state index in [2.05, 4.69) is 11.8 Å². The minimum absolute atomic E-state index is 0.178. The van der Waals surface area contributed by atoms with Gasteiger partial charge in [-0.25, -0.2) is 0 Å². The third-order valence-corrected chi connectivity index (χ3v) is 4.72. The van der Waals surface area contributed by atoms with E-state index in [1.165, 1.54) is 6.42 Å². The van der Waals surface area contributed by atoms with Crippen molar-refractivity contribution in [2.24, 2.45) is 17.6 Å². The average molecular weight is 278 g/mol. The Balaban J connectivity index is 1.82. The van der Waals surface area contributed by atoms with E-state index in [9.17, 15) is 13.2 Å². The Bertz CT molecular complexity index is 298. The molecule has 0 aromatic carbocycles. The van der Waals surface area contributed by atoms with E-state index in [-0.39, 0.29) is 18.4 Å². The molecular formula is C14H25F3N2. The molecule has 0 aromatic rings. The van der Waals surface area contributed by atoms with Gasteiger partial charge in [0.1, 0.15) is 0 Å². The average Bonchev–Trinajstić information content (AvgIpc) is 2.27. The van der Waals surface area contributed by atoms with E-state index in [4.69, 9.17) is 5.73 Å². The SMILES string of the molecule is CC1CCCC(N)(CN2CCC(C(F)(F)F)CC2)C1. The maximum absolute atomic E-state index is 12.6. The molecule has 2 rings (SSSR count). The molecule has 2 unspecified atom stereocenters. The van der Waals surface area contributed by atoms with Gasteiger partial charge in [0, 0.05) is 12.1 Å². The van der Waals surface area contributed by atoms with Crippen molar-refractivity contribution in [3.63, 3.8) is 0 Å². The highest BCUT2D eigenvalue weighted by Gasteiger charge is 2.42. The molecule has 1 aliphatic carbocycles. The molecule has 2 N–H and O–H groups in total. The summed E-state index contributed by atoms with van der Waals surface area (Å²) in [7, 11) is 0. The summed E-state index contributed by atoms with van der Waals surface area (Å²) in [5.74, 6) is -0.464. The van der Waals surface area contributed by atoms with E-state index in [0.717, 1.165) is 25.8 Å². The van der Waals surface area contributed by atoms with Gasteiger partial charge in [-0.05, 0) is 44.7 Å². The lowest BCUT2D eigenvalue weighted by molar-refractivity contribution is -0.185. The first-order chi connectivity index (χ1) is 8.78. The third kappa shape index (κ3) is 4.09. The van der Waals surface area contributed by atoms with Gasteiger partial charge in [-0.3, -0.25) is 0 Å². The van der Waals surface area contributed by atoms with Gasteiger partial charge in [0.2, 0.25) is 0 Å². The molecule has 2 fully saturated rings. The summed E-state index contributed by atoms with van der Waals surface area (Å²) in [5.41, 5.74) is 6.26. The lowest BCUT2D eigenvalue weighted by Gasteiger charge is -2.42. The van der Waals surface area contributed by atoms with Crippen molar-refractivity contribution in [1.82, 2.24) is 4.90 Å². The van der Waals surface area contributed by atoms with E-state index >= 15 is 0 Å². The lowest BCUT2D eigenvalue weighted by atomic mass is 9.76. The van der Waals surface area contributed by atoms with Gasteiger partial charge in [0.15, 0.2) is 0 Å². The Hall–Kier alpha value is -0.290. The minimum Gasteiger partial charge on any atom is -0.324 e. The van der Waals surface area contributed by atoms with Crippen LogP contribution < -0.4 is 5.73 Å². The zero-order valence-corrected chi connectivity index (χ0v) is 11.7. The third-order valence-electron chi connectivity index (χ3n) is 4.72. The molecule has 1 aliphatic heterocycles. The highest BCUT2D eigenvalue weighted by Crippen LogP contribution is 2.36. The number of alkyl halides is 3. The van der Waals surface area contributed by atoms with Crippen molar-refractivity contribution in [3.05, 3.63) is 0 Å². The highest BCUT2D eigenvalue weighted by molar-refractivity contribution is 4.93. The molecule has 5 heteroatoms. The molecule has 19 heavy (non-hydrogen) atoms. The molecule has 2 nitrogen and oxygen atoms in total. The second kappa shape index (κ2) is 5.60. The van der Waals surface area contributed by atoms with Crippen LogP contribution in [-0.4, -0.2) is 36.2 Å². The molecule has 0 aromatic heterocycles. The summed E-state index contributed by atoms with van der Waals surface area (Å²) in [5, 5.41) is 0. The van der Waals surface area contributed by atoms with Crippen LogP contribution in [-0.2, 0) is 0 Å². The number of nitrogens with two attached hydrogens (primary N) is 1. The fourth-order valence-electron chi connectivity index (χ4n) is 3.71. The van der Waals surface area contributed by atoms with Gasteiger partial charge in [0.05, 0.1) is 5.92 Å². The summed E-state index contributed by atoms with van der Waals surface area (Å²) in [6, 6.07) is 0. The van der Waals surface area contributed by atoms with Crippen LogP contribution in [0.15, 0.2) is 0 Å². The van der Waals surface area contributed by atoms with Gasteiger partial charge in [-0.15, -0.1) is 0 Å². The summed E-state index contributed by atoms with van der Waals surface area (Å²) in [6.45, 7) is 4.06. The second-order valence-electron chi connectivity index (χ2n) is 6.66. The maximum atomic E-state index is 12.6. The number of nitrogens with zero attached hydrogens (tertiary/aromatic N) is 1. The van der Waals surface area contributed by atoms with Crippen LogP contribution in [0, 0.1) is 11.8 Å². The Kier molecular flexibility index (Phi) is 4.45. The fourth-order valence-corrected chi connectivity index (χ4v) is 3.71. The monoisotopic (exact) mass is 278 g/mol. The van der Waals surface area contributed by atoms with Crippen LogP contribution in [0.25, 0.3) is 0 Å². The Morgan fingerprint density at radius 3 is 2.37 bits per heavy atom. The molecule has 0 spiro atoms. The number of hydrogen-bond donors (Lipinski definition) is 1. The molecule has 0 radical (unpaired) electrons. The Morgan fingerprint density at radius 1 is 1.21 bits per heavy atom. The van der Waals surface area contributed by atoms with Gasteiger partial charge in [-0.1, -0.05) is 19.8 Å². The summed E-state index contributed by atoms with van der Waals surface area (Å²) in [6.07, 6.45) is 0.838. The molecular weight excluding hydrogens is 253 g/mol. The van der Waals surface area contributed by atoms with E-state index in [1.54, 1.807) is 0 Å². The van der Waals surface area contributed by atoms with Crippen LogP contribution in [0.4, 0.5) is 13.2 Å². The number of rotatable bonds is 2. The highest BCUT2D eigenvalue weighted by atomic mass is 19.4. The molecule has 112 valence electrons. The summed E-state index contributed by atoms with van der Waals surface area (Å²) < 4.78 is 37.8. The van der Waals surface area contributed by atoms with Crippen LogP contribution in [0.2, 0.25) is 0 Å². The van der Waals surface area contributed by atoms with E-state index in [1.807, 2.05) is 0 Å². The van der Waals surface area contributed by atoms with Crippen LogP contribution >= 0.6 is 0 Å². The van der Waals surface area contributed by atoms with Gasteiger partial charge in [0.25, 0.3) is 0 Å². The van der Waals surface area contributed by atoms with Gasteiger partial charge >= 0.3 is 6.18 Å². The predicted molar refractivity (Wildman–Crippen MR) is 69.8 cm³/mol. The molecule has 1 saturated carbocycles. The van der Waals surface area contributed by atoms with E-state index < -0.39 is 12.1 Å². The molecule has 2 aliphatic rings. The number of piperidine rings is 1. The zero-order chi connectivity index (χ0) is 14.1. The molecule has 2 atom stereocenters.